The fourth-order valence-corrected chi connectivity index (χ4v) is 2.98. The molecule has 1 aromatic heterocycles. The van der Waals surface area contributed by atoms with Crippen LogP contribution in [0.25, 0.3) is 10.9 Å². The first-order chi connectivity index (χ1) is 12.3. The van der Waals surface area contributed by atoms with Gasteiger partial charge in [0, 0.05) is 18.5 Å². The summed E-state index contributed by atoms with van der Waals surface area (Å²) in [6.07, 6.45) is 2.40. The lowest BCUT2D eigenvalue weighted by atomic mass is 10.2. The summed E-state index contributed by atoms with van der Waals surface area (Å²) in [6, 6.07) is 14.9. The van der Waals surface area contributed by atoms with Crippen LogP contribution in [0.4, 0.5) is 17.5 Å². The lowest BCUT2D eigenvalue weighted by Crippen LogP contribution is -3.00. The van der Waals surface area contributed by atoms with E-state index in [2.05, 4.69) is 20.6 Å². The Morgan fingerprint density at radius 1 is 1.08 bits per heavy atom. The quantitative estimate of drug-likeness (QED) is 0.572. The molecule has 7 heteroatoms. The largest absolute Gasteiger partial charge is 1.00 e. The van der Waals surface area contributed by atoms with Crippen molar-refractivity contribution < 1.29 is 22.3 Å². The molecule has 26 heavy (non-hydrogen) atoms. The first-order valence-electron chi connectivity index (χ1n) is 8.47. The number of phenolic OH excluding ortho intramolecular Hbond substituents is 1. The van der Waals surface area contributed by atoms with Crippen LogP contribution in [0, 0.1) is 0 Å². The zero-order valence-electron chi connectivity index (χ0n) is 14.2. The van der Waals surface area contributed by atoms with Gasteiger partial charge in [0.25, 0.3) is 0 Å². The average Bonchev–Trinajstić information content (AvgIpc) is 3.15. The number of nitrogens with zero attached hydrogens (tertiary/aromatic N) is 2. The number of benzene rings is 2. The number of phenols is 1. The smallest absolute Gasteiger partial charge is 0.229 e. The lowest BCUT2D eigenvalue weighted by Gasteiger charge is -2.14. The molecule has 1 unspecified atom stereocenters. The fraction of sp³-hybridized carbons (Fsp3) is 0.263. The van der Waals surface area contributed by atoms with Crippen molar-refractivity contribution in [2.45, 2.75) is 18.9 Å². The zero-order chi connectivity index (χ0) is 17.1. The molecule has 1 aliphatic rings. The van der Waals surface area contributed by atoms with Gasteiger partial charge in [0.2, 0.25) is 5.95 Å². The van der Waals surface area contributed by atoms with Gasteiger partial charge in [-0.15, -0.1) is 0 Å². The van der Waals surface area contributed by atoms with E-state index in [9.17, 15) is 5.11 Å². The molecule has 0 amide bonds. The highest BCUT2D eigenvalue weighted by atomic mass is 35.5. The third kappa shape index (κ3) is 3.98. The predicted molar refractivity (Wildman–Crippen MR) is 98.4 cm³/mol. The molecule has 2 heterocycles. The summed E-state index contributed by atoms with van der Waals surface area (Å²) < 4.78 is 5.67. The van der Waals surface area contributed by atoms with Gasteiger partial charge >= 0.3 is 0 Å². The molecule has 1 aliphatic heterocycles. The van der Waals surface area contributed by atoms with Gasteiger partial charge < -0.3 is 32.9 Å². The maximum atomic E-state index is 9.95. The Morgan fingerprint density at radius 2 is 1.88 bits per heavy atom. The normalized spacial score (nSPS) is 16.2. The number of fused-ring (bicyclic) bond motifs is 1. The number of aromatic hydroxyl groups is 1. The number of hydrogen-bond acceptors (Lipinski definition) is 6. The third-order valence-electron chi connectivity index (χ3n) is 4.27. The Labute approximate surface area is 158 Å². The van der Waals surface area contributed by atoms with Crippen molar-refractivity contribution in [2.75, 3.05) is 23.8 Å². The summed E-state index contributed by atoms with van der Waals surface area (Å²) in [6.45, 7) is 1.55. The van der Waals surface area contributed by atoms with Crippen LogP contribution in [0.15, 0.2) is 48.5 Å². The fourth-order valence-electron chi connectivity index (χ4n) is 2.98. The second kappa shape index (κ2) is 8.21. The maximum Gasteiger partial charge on any atom is 0.229 e. The number of nitrogens with one attached hydrogen (secondary N) is 2. The summed E-state index contributed by atoms with van der Waals surface area (Å²) in [5.74, 6) is 1.36. The molecule has 1 fully saturated rings. The van der Waals surface area contributed by atoms with E-state index in [-0.39, 0.29) is 24.3 Å². The zero-order valence-corrected chi connectivity index (χ0v) is 14.9. The van der Waals surface area contributed by atoms with E-state index in [1.54, 1.807) is 18.2 Å². The Hall–Kier alpha value is -2.57. The molecule has 0 spiro atoms. The van der Waals surface area contributed by atoms with Crippen molar-refractivity contribution in [1.29, 1.82) is 0 Å². The Morgan fingerprint density at radius 3 is 2.69 bits per heavy atom. The van der Waals surface area contributed by atoms with Crippen LogP contribution in [0.5, 0.6) is 5.75 Å². The van der Waals surface area contributed by atoms with Gasteiger partial charge in [0.05, 0.1) is 17.3 Å². The monoisotopic (exact) mass is 371 g/mol. The Balaban J connectivity index is 0.00000196. The first kappa shape index (κ1) is 18.2. The van der Waals surface area contributed by atoms with Gasteiger partial charge in [-0.3, -0.25) is 0 Å². The van der Waals surface area contributed by atoms with E-state index in [0.717, 1.165) is 42.7 Å². The highest BCUT2D eigenvalue weighted by Crippen LogP contribution is 2.27. The van der Waals surface area contributed by atoms with Gasteiger partial charge in [-0.25, -0.2) is 4.98 Å². The lowest BCUT2D eigenvalue weighted by molar-refractivity contribution is -0.00000729. The summed E-state index contributed by atoms with van der Waals surface area (Å²) >= 11 is 0. The highest BCUT2D eigenvalue weighted by molar-refractivity contribution is 5.90. The highest BCUT2D eigenvalue weighted by Gasteiger charge is 2.16. The summed E-state index contributed by atoms with van der Waals surface area (Å²) in [4.78, 5) is 9.15. The van der Waals surface area contributed by atoms with Crippen molar-refractivity contribution in [2.24, 2.45) is 0 Å². The summed E-state index contributed by atoms with van der Waals surface area (Å²) in [7, 11) is 0. The molecule has 0 saturated carbocycles. The molecule has 0 aliphatic carbocycles. The maximum absolute atomic E-state index is 9.95. The number of ether oxygens (including phenoxy) is 1. The number of para-hydroxylation sites is 3. The molecule has 6 nitrogen and oxygen atoms in total. The second-order valence-electron chi connectivity index (χ2n) is 6.07. The summed E-state index contributed by atoms with van der Waals surface area (Å²) in [5, 5.41) is 17.4. The van der Waals surface area contributed by atoms with E-state index in [0.29, 0.717) is 11.6 Å². The van der Waals surface area contributed by atoms with Crippen LogP contribution in [0.2, 0.25) is 0 Å². The second-order valence-corrected chi connectivity index (χ2v) is 6.07. The van der Waals surface area contributed by atoms with Crippen LogP contribution >= 0.6 is 0 Å². The van der Waals surface area contributed by atoms with Gasteiger partial charge in [0.15, 0.2) is 0 Å². The number of aromatic nitrogens is 2. The Bertz CT molecular complexity index is 884. The van der Waals surface area contributed by atoms with E-state index in [1.807, 2.05) is 30.3 Å². The molecular weight excluding hydrogens is 352 g/mol. The molecule has 3 N–H and O–H groups in total. The third-order valence-corrected chi connectivity index (χ3v) is 4.27. The topological polar surface area (TPSA) is 79.3 Å². The van der Waals surface area contributed by atoms with Crippen LogP contribution in [-0.4, -0.2) is 34.3 Å². The first-order valence-corrected chi connectivity index (χ1v) is 8.47. The van der Waals surface area contributed by atoms with E-state index in [1.165, 1.54) is 0 Å². The molecular formula is C19H20ClN4O2-. The van der Waals surface area contributed by atoms with E-state index in [4.69, 9.17) is 4.74 Å². The SMILES string of the molecule is Oc1ccccc1Nc1nc(NCC2CCCO2)c2ccccc2n1.[Cl-]. The van der Waals surface area contributed by atoms with Gasteiger partial charge in [-0.2, -0.15) is 4.98 Å². The van der Waals surface area contributed by atoms with Crippen molar-refractivity contribution in [3.05, 3.63) is 48.5 Å². The van der Waals surface area contributed by atoms with Crippen LogP contribution < -0.4 is 23.0 Å². The van der Waals surface area contributed by atoms with Crippen molar-refractivity contribution in [1.82, 2.24) is 9.97 Å². The molecule has 136 valence electrons. The molecule has 0 radical (unpaired) electrons. The van der Waals surface area contributed by atoms with Gasteiger partial charge in [0.1, 0.15) is 11.6 Å². The van der Waals surface area contributed by atoms with Crippen molar-refractivity contribution in [3.8, 4) is 5.75 Å². The minimum Gasteiger partial charge on any atom is -1.00 e. The van der Waals surface area contributed by atoms with E-state index >= 15 is 0 Å². The van der Waals surface area contributed by atoms with Crippen LogP contribution in [0.1, 0.15) is 12.8 Å². The predicted octanol–water partition coefficient (Wildman–Crippen LogP) is 0.674. The minimum atomic E-state index is 0. The van der Waals surface area contributed by atoms with Crippen molar-refractivity contribution in [3.63, 3.8) is 0 Å². The van der Waals surface area contributed by atoms with Crippen LogP contribution in [-0.2, 0) is 4.74 Å². The Kier molecular flexibility index (Phi) is 5.75. The number of hydrogen-bond donors (Lipinski definition) is 3. The van der Waals surface area contributed by atoms with Crippen LogP contribution in [0.3, 0.4) is 0 Å². The average molecular weight is 372 g/mol. The minimum absolute atomic E-state index is 0. The summed E-state index contributed by atoms with van der Waals surface area (Å²) in [5.41, 5.74) is 1.41. The standard InChI is InChI=1S/C19H20N4O2.ClH/c24-17-10-4-3-9-16(17)22-19-21-15-8-2-1-7-14(15)18(23-19)20-12-13-6-5-11-25-13;/h1-4,7-10,13,24H,5-6,11-12H2,(H2,20,21,22,23);1H/p-1. The number of anilines is 3. The molecule has 4 rings (SSSR count). The molecule has 3 aromatic rings. The van der Waals surface area contributed by atoms with Crippen molar-refractivity contribution >= 4 is 28.4 Å². The number of halogens is 1. The molecule has 1 atom stereocenters. The molecule has 2 aromatic carbocycles. The van der Waals surface area contributed by atoms with E-state index < -0.39 is 0 Å². The molecule has 0 bridgehead atoms. The van der Waals surface area contributed by atoms with Gasteiger partial charge in [-0.05, 0) is 37.1 Å². The van der Waals surface area contributed by atoms with Gasteiger partial charge in [-0.1, -0.05) is 24.3 Å². The number of rotatable bonds is 5. The molecule has 1 saturated heterocycles.